The van der Waals surface area contributed by atoms with Crippen LogP contribution in [0.2, 0.25) is 0 Å². The molecule has 0 aliphatic rings. The Bertz CT molecular complexity index is 3220. The molecule has 0 saturated carbocycles. The second kappa shape index (κ2) is 13.2. The number of para-hydroxylation sites is 2. The van der Waals surface area contributed by atoms with Crippen LogP contribution in [0.25, 0.3) is 87.6 Å². The molecule has 0 unspecified atom stereocenters. The van der Waals surface area contributed by atoms with Crippen molar-refractivity contribution in [1.29, 1.82) is 0 Å². The molecule has 0 spiro atoms. The Morgan fingerprint density at radius 2 is 0.732 bits per heavy atom. The largest absolute Gasteiger partial charge is 0.455 e. The van der Waals surface area contributed by atoms with E-state index in [9.17, 15) is 0 Å². The third kappa shape index (κ3) is 5.26. The number of rotatable bonds is 6. The van der Waals surface area contributed by atoms with Crippen molar-refractivity contribution in [2.75, 3.05) is 4.90 Å². The Morgan fingerprint density at radius 1 is 0.268 bits per heavy atom. The Morgan fingerprint density at radius 3 is 1.41 bits per heavy atom. The number of hydrogen-bond donors (Lipinski definition) is 0. The first-order valence-electron chi connectivity index (χ1n) is 19.2. The molecule has 0 amide bonds. The van der Waals surface area contributed by atoms with Crippen molar-refractivity contribution in [3.05, 3.63) is 212 Å². The van der Waals surface area contributed by atoms with Gasteiger partial charge in [0.05, 0.1) is 0 Å². The van der Waals surface area contributed by atoms with Crippen molar-refractivity contribution in [3.63, 3.8) is 0 Å². The molecule has 0 N–H and O–H groups in total. The second-order valence-corrected chi connectivity index (χ2v) is 14.5. The highest BCUT2D eigenvalue weighted by molar-refractivity contribution is 6.21. The maximum Gasteiger partial charge on any atom is 0.143 e. The van der Waals surface area contributed by atoms with Crippen LogP contribution in [0.4, 0.5) is 17.1 Å². The van der Waals surface area contributed by atoms with Crippen LogP contribution in [-0.2, 0) is 0 Å². The van der Waals surface area contributed by atoms with Gasteiger partial charge >= 0.3 is 0 Å². The van der Waals surface area contributed by atoms with Crippen molar-refractivity contribution >= 4 is 71.3 Å². The predicted octanol–water partition coefficient (Wildman–Crippen LogP) is 15.5. The molecular weight excluding hydrogens is 679 g/mol. The van der Waals surface area contributed by atoms with E-state index >= 15 is 0 Å². The summed E-state index contributed by atoms with van der Waals surface area (Å²) in [5.41, 5.74) is 12.2. The number of hydrogen-bond acceptors (Lipinski definition) is 2. The molecule has 0 fully saturated rings. The van der Waals surface area contributed by atoms with Gasteiger partial charge in [-0.3, -0.25) is 0 Å². The minimum Gasteiger partial charge on any atom is -0.455 e. The molecule has 11 aromatic rings. The van der Waals surface area contributed by atoms with E-state index in [1.54, 1.807) is 0 Å². The monoisotopic (exact) mass is 713 g/mol. The summed E-state index contributed by atoms with van der Waals surface area (Å²) in [5.74, 6) is 0. The molecule has 1 aromatic heterocycles. The number of furan rings is 1. The van der Waals surface area contributed by atoms with Crippen LogP contribution in [0, 0.1) is 0 Å². The summed E-state index contributed by atoms with van der Waals surface area (Å²) >= 11 is 0. The summed E-state index contributed by atoms with van der Waals surface area (Å²) in [6.45, 7) is 0. The van der Waals surface area contributed by atoms with E-state index in [4.69, 9.17) is 4.42 Å². The molecule has 0 radical (unpaired) electrons. The number of anilines is 3. The van der Waals surface area contributed by atoms with Crippen LogP contribution in [0.5, 0.6) is 0 Å². The van der Waals surface area contributed by atoms with Gasteiger partial charge in [-0.25, -0.2) is 0 Å². The van der Waals surface area contributed by atoms with Crippen molar-refractivity contribution < 1.29 is 4.42 Å². The van der Waals surface area contributed by atoms with Gasteiger partial charge in [0.15, 0.2) is 0 Å². The lowest BCUT2D eigenvalue weighted by molar-refractivity contribution is 0.674. The summed E-state index contributed by atoms with van der Waals surface area (Å²) in [4.78, 5) is 2.34. The summed E-state index contributed by atoms with van der Waals surface area (Å²) in [6, 6.07) is 76.3. The Labute approximate surface area is 325 Å². The fourth-order valence-electron chi connectivity index (χ4n) is 8.60. The van der Waals surface area contributed by atoms with E-state index in [1.165, 1.54) is 43.6 Å². The zero-order valence-corrected chi connectivity index (χ0v) is 30.6. The Kier molecular flexibility index (Phi) is 7.53. The molecule has 2 heteroatoms. The number of nitrogens with zero attached hydrogens (tertiary/aromatic N) is 1. The standard InChI is InChI=1S/C54H35NO/c1-3-14-36(15-4-1)44-24-13-25-49-52-35-51(47-22-11-12-23-48(47)54(52)56-53(44)49)38-28-32-42(33-29-38)55(40-17-5-2-6-18-40)41-30-26-37(27-31-41)50-34-39-16-7-8-19-43(39)45-20-9-10-21-46(45)50/h1-35H. The highest BCUT2D eigenvalue weighted by Crippen LogP contribution is 2.44. The summed E-state index contributed by atoms with van der Waals surface area (Å²) in [6.07, 6.45) is 0. The molecule has 11 rings (SSSR count). The van der Waals surface area contributed by atoms with Crippen LogP contribution < -0.4 is 4.90 Å². The van der Waals surface area contributed by atoms with E-state index in [-0.39, 0.29) is 0 Å². The fourth-order valence-corrected chi connectivity index (χ4v) is 8.60. The van der Waals surface area contributed by atoms with Crippen molar-refractivity contribution in [2.45, 2.75) is 0 Å². The first-order valence-corrected chi connectivity index (χ1v) is 19.2. The first kappa shape index (κ1) is 32.0. The van der Waals surface area contributed by atoms with Gasteiger partial charge in [0, 0.05) is 38.8 Å². The predicted molar refractivity (Wildman–Crippen MR) is 237 cm³/mol. The first-order chi connectivity index (χ1) is 27.8. The molecule has 1 heterocycles. The summed E-state index contributed by atoms with van der Waals surface area (Å²) < 4.78 is 6.76. The maximum atomic E-state index is 6.76. The molecule has 0 bridgehead atoms. The van der Waals surface area contributed by atoms with Gasteiger partial charge in [-0.2, -0.15) is 0 Å². The highest BCUT2D eigenvalue weighted by Gasteiger charge is 2.19. The smallest absolute Gasteiger partial charge is 0.143 e. The van der Waals surface area contributed by atoms with E-state index in [1.807, 2.05) is 0 Å². The minimum absolute atomic E-state index is 0.921. The van der Waals surface area contributed by atoms with Crippen LogP contribution in [0.3, 0.4) is 0 Å². The lowest BCUT2D eigenvalue weighted by Crippen LogP contribution is -2.09. The van der Waals surface area contributed by atoms with Crippen molar-refractivity contribution in [1.82, 2.24) is 0 Å². The maximum absolute atomic E-state index is 6.76. The van der Waals surface area contributed by atoms with Crippen molar-refractivity contribution in [2.24, 2.45) is 0 Å². The van der Waals surface area contributed by atoms with Crippen LogP contribution in [-0.4, -0.2) is 0 Å². The fraction of sp³-hybridized carbons (Fsp3) is 0. The third-order valence-corrected chi connectivity index (χ3v) is 11.2. The third-order valence-electron chi connectivity index (χ3n) is 11.2. The zero-order valence-electron chi connectivity index (χ0n) is 30.6. The Balaban J connectivity index is 1.01. The minimum atomic E-state index is 0.921. The second-order valence-electron chi connectivity index (χ2n) is 14.5. The Hall–Kier alpha value is -7.42. The van der Waals surface area contributed by atoms with E-state index in [0.717, 1.165) is 61.1 Å². The molecule has 10 aromatic carbocycles. The van der Waals surface area contributed by atoms with Gasteiger partial charge in [-0.1, -0.05) is 164 Å². The topological polar surface area (TPSA) is 16.4 Å². The molecule has 262 valence electrons. The molecule has 2 nitrogen and oxygen atoms in total. The molecule has 0 saturated heterocycles. The van der Waals surface area contributed by atoms with Gasteiger partial charge in [0.1, 0.15) is 11.2 Å². The lowest BCUT2D eigenvalue weighted by atomic mass is 9.93. The number of fused-ring (bicyclic) bond motifs is 8. The highest BCUT2D eigenvalue weighted by atomic mass is 16.3. The molecular formula is C54H35NO. The average Bonchev–Trinajstić information content (AvgIpc) is 3.66. The van der Waals surface area contributed by atoms with Gasteiger partial charge < -0.3 is 9.32 Å². The molecule has 56 heavy (non-hydrogen) atoms. The van der Waals surface area contributed by atoms with Gasteiger partial charge in [0.2, 0.25) is 0 Å². The van der Waals surface area contributed by atoms with E-state index < -0.39 is 0 Å². The summed E-state index contributed by atoms with van der Waals surface area (Å²) in [7, 11) is 0. The zero-order chi connectivity index (χ0) is 37.0. The number of benzene rings is 10. The van der Waals surface area contributed by atoms with E-state index in [0.29, 0.717) is 0 Å². The molecule has 0 aliphatic heterocycles. The van der Waals surface area contributed by atoms with Crippen LogP contribution in [0.1, 0.15) is 0 Å². The quantitative estimate of drug-likeness (QED) is 0.160. The normalized spacial score (nSPS) is 11.6. The average molecular weight is 714 g/mol. The van der Waals surface area contributed by atoms with Gasteiger partial charge in [-0.05, 0) is 103 Å². The summed E-state index contributed by atoms with van der Waals surface area (Å²) in [5, 5.41) is 9.61. The molecule has 0 atom stereocenters. The van der Waals surface area contributed by atoms with Gasteiger partial charge in [-0.15, -0.1) is 0 Å². The van der Waals surface area contributed by atoms with Crippen LogP contribution in [0.15, 0.2) is 217 Å². The van der Waals surface area contributed by atoms with Gasteiger partial charge in [0.25, 0.3) is 0 Å². The van der Waals surface area contributed by atoms with E-state index in [2.05, 4.69) is 217 Å². The lowest BCUT2D eigenvalue weighted by Gasteiger charge is -2.26. The van der Waals surface area contributed by atoms with Crippen molar-refractivity contribution in [3.8, 4) is 33.4 Å². The SMILES string of the molecule is c1ccc(-c2cccc3c2oc2c4ccccc4c(-c4ccc(N(c5ccccc5)c5ccc(-c6cc7ccccc7c7ccccc67)cc5)cc4)cc32)cc1. The van der Waals surface area contributed by atoms with Crippen LogP contribution >= 0.6 is 0 Å². The molecule has 0 aliphatic carbocycles.